The fraction of sp³-hybridized carbons (Fsp3) is 0.235. The van der Waals surface area contributed by atoms with E-state index in [1.807, 2.05) is 6.92 Å². The SMILES string of the molecule is CCOc1ccc(NC(=O)NC2(C(F)(F)F)Oc3ccccc3O2)cc1. The second-order valence-corrected chi connectivity index (χ2v) is 5.30. The molecule has 0 fully saturated rings. The van der Waals surface area contributed by atoms with Gasteiger partial charge in [-0.2, -0.15) is 13.2 Å². The van der Waals surface area contributed by atoms with Gasteiger partial charge >= 0.3 is 18.1 Å². The third-order valence-corrected chi connectivity index (χ3v) is 3.43. The molecule has 0 radical (unpaired) electrons. The molecular formula is C17H15F3N2O4. The van der Waals surface area contributed by atoms with E-state index in [0.717, 1.165) is 0 Å². The van der Waals surface area contributed by atoms with Crippen LogP contribution in [0.4, 0.5) is 23.7 Å². The number of nitrogens with one attached hydrogen (secondary N) is 2. The van der Waals surface area contributed by atoms with E-state index >= 15 is 0 Å². The van der Waals surface area contributed by atoms with E-state index in [9.17, 15) is 18.0 Å². The molecule has 1 aliphatic rings. The third-order valence-electron chi connectivity index (χ3n) is 3.43. The molecular weight excluding hydrogens is 353 g/mol. The van der Waals surface area contributed by atoms with Gasteiger partial charge < -0.3 is 19.5 Å². The zero-order valence-electron chi connectivity index (χ0n) is 13.6. The average molecular weight is 368 g/mol. The maximum Gasteiger partial charge on any atom is 0.492 e. The van der Waals surface area contributed by atoms with Crippen molar-refractivity contribution in [3.63, 3.8) is 0 Å². The highest BCUT2D eigenvalue weighted by Gasteiger charge is 2.65. The maximum atomic E-state index is 13.5. The van der Waals surface area contributed by atoms with Crippen molar-refractivity contribution in [1.29, 1.82) is 0 Å². The summed E-state index contributed by atoms with van der Waals surface area (Å²) in [5.74, 6) is -2.97. The molecule has 2 aromatic rings. The van der Waals surface area contributed by atoms with Crippen LogP contribution in [-0.2, 0) is 0 Å². The summed E-state index contributed by atoms with van der Waals surface area (Å²) in [7, 11) is 0. The minimum absolute atomic E-state index is 0.119. The standard InChI is InChI=1S/C17H15F3N2O4/c1-2-24-12-9-7-11(8-10-12)21-15(23)22-17(16(18,19)20)25-13-5-3-4-6-14(13)26-17/h3-10H,2H2,1H3,(H2,21,22,23). The van der Waals surface area contributed by atoms with E-state index in [1.165, 1.54) is 36.4 Å². The van der Waals surface area contributed by atoms with Crippen molar-refractivity contribution in [1.82, 2.24) is 5.32 Å². The number of fused-ring (bicyclic) bond motifs is 1. The number of amides is 2. The zero-order valence-corrected chi connectivity index (χ0v) is 13.6. The molecule has 0 aromatic heterocycles. The average Bonchev–Trinajstić information content (AvgIpc) is 2.96. The lowest BCUT2D eigenvalue weighted by Crippen LogP contribution is -2.65. The van der Waals surface area contributed by atoms with Gasteiger partial charge in [0.15, 0.2) is 11.5 Å². The predicted octanol–water partition coefficient (Wildman–Crippen LogP) is 3.89. The Labute approximate surface area is 146 Å². The van der Waals surface area contributed by atoms with Gasteiger partial charge in [-0.25, -0.2) is 4.79 Å². The minimum Gasteiger partial charge on any atom is -0.494 e. The summed E-state index contributed by atoms with van der Waals surface area (Å²) in [5.41, 5.74) is 0.277. The van der Waals surface area contributed by atoms with E-state index in [4.69, 9.17) is 14.2 Å². The second-order valence-electron chi connectivity index (χ2n) is 5.30. The second kappa shape index (κ2) is 6.66. The highest BCUT2D eigenvalue weighted by molar-refractivity contribution is 5.89. The lowest BCUT2D eigenvalue weighted by molar-refractivity contribution is -0.317. The first-order valence-corrected chi connectivity index (χ1v) is 7.69. The molecule has 0 saturated heterocycles. The van der Waals surface area contributed by atoms with E-state index in [0.29, 0.717) is 12.4 Å². The zero-order chi connectivity index (χ0) is 18.8. The molecule has 26 heavy (non-hydrogen) atoms. The van der Waals surface area contributed by atoms with E-state index in [-0.39, 0.29) is 17.2 Å². The van der Waals surface area contributed by atoms with Crippen LogP contribution in [0.3, 0.4) is 0 Å². The van der Waals surface area contributed by atoms with Crippen molar-refractivity contribution >= 4 is 11.7 Å². The van der Waals surface area contributed by atoms with Gasteiger partial charge in [0.05, 0.1) is 6.61 Å². The molecule has 0 unspecified atom stereocenters. The molecule has 0 bridgehead atoms. The molecule has 2 aromatic carbocycles. The quantitative estimate of drug-likeness (QED) is 0.859. The van der Waals surface area contributed by atoms with Gasteiger partial charge in [-0.15, -0.1) is 0 Å². The lowest BCUT2D eigenvalue weighted by atomic mass is 10.3. The number of hydrogen-bond donors (Lipinski definition) is 2. The Bertz CT molecular complexity index is 768. The van der Waals surface area contributed by atoms with Gasteiger partial charge in [0.25, 0.3) is 0 Å². The van der Waals surface area contributed by atoms with Gasteiger partial charge in [-0.1, -0.05) is 12.1 Å². The first kappa shape index (κ1) is 17.7. The Hall–Kier alpha value is -3.10. The number of halogens is 3. The van der Waals surface area contributed by atoms with Crippen LogP contribution in [0.25, 0.3) is 0 Å². The van der Waals surface area contributed by atoms with Crippen LogP contribution in [0.1, 0.15) is 6.92 Å². The first-order chi connectivity index (χ1) is 12.3. The Kier molecular flexibility index (Phi) is 4.54. The summed E-state index contributed by atoms with van der Waals surface area (Å²) in [6, 6.07) is 10.6. The number of rotatable bonds is 4. The molecule has 0 atom stereocenters. The molecule has 9 heteroatoms. The Balaban J connectivity index is 1.73. The van der Waals surface area contributed by atoms with Gasteiger partial charge in [0, 0.05) is 5.69 Å². The van der Waals surface area contributed by atoms with Crippen molar-refractivity contribution in [2.75, 3.05) is 11.9 Å². The predicted molar refractivity (Wildman–Crippen MR) is 86.2 cm³/mol. The van der Waals surface area contributed by atoms with E-state index < -0.39 is 18.1 Å². The number of alkyl halides is 3. The highest BCUT2D eigenvalue weighted by atomic mass is 19.4. The Morgan fingerprint density at radius 2 is 1.65 bits per heavy atom. The number of para-hydroxylation sites is 2. The van der Waals surface area contributed by atoms with Crippen LogP contribution in [0, 0.1) is 0 Å². The van der Waals surface area contributed by atoms with Crippen LogP contribution >= 0.6 is 0 Å². The molecule has 1 heterocycles. The fourth-order valence-corrected chi connectivity index (χ4v) is 2.30. The topological polar surface area (TPSA) is 68.8 Å². The normalized spacial score (nSPS) is 14.6. The molecule has 0 spiro atoms. The highest BCUT2D eigenvalue weighted by Crippen LogP contribution is 2.44. The summed E-state index contributed by atoms with van der Waals surface area (Å²) in [4.78, 5) is 12.1. The van der Waals surface area contributed by atoms with Crippen molar-refractivity contribution in [2.45, 2.75) is 19.0 Å². The summed E-state index contributed by atoms with van der Waals surface area (Å²) in [5, 5.41) is 4.01. The molecule has 6 nitrogen and oxygen atoms in total. The van der Waals surface area contributed by atoms with Crippen LogP contribution in [0.2, 0.25) is 0 Å². The van der Waals surface area contributed by atoms with E-state index in [1.54, 1.807) is 17.4 Å². The molecule has 138 valence electrons. The summed E-state index contributed by atoms with van der Waals surface area (Å²) in [6.45, 7) is 2.28. The summed E-state index contributed by atoms with van der Waals surface area (Å²) in [6.07, 6.45) is -5.01. The molecule has 1 aliphatic heterocycles. The Morgan fingerprint density at radius 1 is 1.08 bits per heavy atom. The molecule has 2 N–H and O–H groups in total. The number of anilines is 1. The van der Waals surface area contributed by atoms with Crippen LogP contribution < -0.4 is 24.8 Å². The fourth-order valence-electron chi connectivity index (χ4n) is 2.30. The van der Waals surface area contributed by atoms with Crippen molar-refractivity contribution in [2.24, 2.45) is 0 Å². The summed E-state index contributed by atoms with van der Waals surface area (Å²) < 4.78 is 55.5. The first-order valence-electron chi connectivity index (χ1n) is 7.69. The maximum absolute atomic E-state index is 13.5. The van der Waals surface area contributed by atoms with Gasteiger partial charge in [0.2, 0.25) is 0 Å². The smallest absolute Gasteiger partial charge is 0.492 e. The van der Waals surface area contributed by atoms with Crippen LogP contribution in [0.15, 0.2) is 48.5 Å². The monoisotopic (exact) mass is 368 g/mol. The number of urea groups is 1. The molecule has 2 amide bonds. The lowest BCUT2D eigenvalue weighted by Gasteiger charge is -2.29. The van der Waals surface area contributed by atoms with E-state index in [2.05, 4.69) is 5.32 Å². The van der Waals surface area contributed by atoms with Crippen molar-refractivity contribution < 1.29 is 32.2 Å². The van der Waals surface area contributed by atoms with Crippen LogP contribution in [0.5, 0.6) is 17.2 Å². The van der Waals surface area contributed by atoms with Gasteiger partial charge in [-0.05, 0) is 43.3 Å². The van der Waals surface area contributed by atoms with Crippen molar-refractivity contribution in [3.8, 4) is 17.2 Å². The number of carbonyl (C=O) groups is 1. The molecule has 0 saturated carbocycles. The Morgan fingerprint density at radius 3 is 2.15 bits per heavy atom. The van der Waals surface area contributed by atoms with Gasteiger partial charge in [0.1, 0.15) is 5.75 Å². The molecule has 3 rings (SSSR count). The number of benzene rings is 2. The number of carbonyl (C=O) groups excluding carboxylic acids is 1. The number of ether oxygens (including phenoxy) is 3. The van der Waals surface area contributed by atoms with Crippen LogP contribution in [-0.4, -0.2) is 24.7 Å². The third kappa shape index (κ3) is 3.46. The molecule has 0 aliphatic carbocycles. The van der Waals surface area contributed by atoms with Crippen molar-refractivity contribution in [3.05, 3.63) is 48.5 Å². The number of hydrogen-bond acceptors (Lipinski definition) is 4. The largest absolute Gasteiger partial charge is 0.494 e. The minimum atomic E-state index is -5.01. The summed E-state index contributed by atoms with van der Waals surface area (Å²) >= 11 is 0. The van der Waals surface area contributed by atoms with Gasteiger partial charge in [-0.3, -0.25) is 5.32 Å².